The van der Waals surface area contributed by atoms with Crippen LogP contribution in [0.4, 0.5) is 19.1 Å². The molecule has 2 aromatic rings. The molecule has 0 spiro atoms. The van der Waals surface area contributed by atoms with Crippen molar-refractivity contribution in [2.75, 3.05) is 31.2 Å². The molecule has 1 aromatic heterocycles. The summed E-state index contributed by atoms with van der Waals surface area (Å²) >= 11 is 0. The molecule has 0 radical (unpaired) electrons. The molecule has 150 valence electrons. The van der Waals surface area contributed by atoms with Gasteiger partial charge in [-0.05, 0) is 25.1 Å². The molecule has 10 heteroatoms. The highest BCUT2D eigenvalue weighted by molar-refractivity contribution is 5.96. The predicted molar refractivity (Wildman–Crippen MR) is 94.1 cm³/mol. The van der Waals surface area contributed by atoms with E-state index in [2.05, 4.69) is 20.0 Å². The van der Waals surface area contributed by atoms with Gasteiger partial charge in [-0.25, -0.2) is 9.97 Å². The van der Waals surface area contributed by atoms with Gasteiger partial charge in [0.2, 0.25) is 5.95 Å². The summed E-state index contributed by atoms with van der Waals surface area (Å²) in [4.78, 5) is 23.2. The number of carbonyl (C=O) groups excluding carboxylic acids is 1. The van der Waals surface area contributed by atoms with E-state index in [1.807, 2.05) is 11.8 Å². The van der Waals surface area contributed by atoms with Gasteiger partial charge in [0.25, 0.3) is 5.91 Å². The minimum absolute atomic E-state index is 0.0416. The molecule has 0 bridgehead atoms. The van der Waals surface area contributed by atoms with E-state index in [-0.39, 0.29) is 12.1 Å². The molecule has 0 saturated carbocycles. The molecule has 28 heavy (non-hydrogen) atoms. The van der Waals surface area contributed by atoms with Crippen molar-refractivity contribution in [2.24, 2.45) is 0 Å². The van der Waals surface area contributed by atoms with Crippen LogP contribution in [0.1, 0.15) is 21.7 Å². The monoisotopic (exact) mass is 396 g/mol. The zero-order valence-corrected chi connectivity index (χ0v) is 15.1. The first-order chi connectivity index (χ1) is 13.3. The first-order valence-electron chi connectivity index (χ1n) is 8.62. The second-order valence-electron chi connectivity index (χ2n) is 6.13. The number of para-hydroxylation sites is 1. The van der Waals surface area contributed by atoms with Crippen LogP contribution >= 0.6 is 0 Å². The molecule has 1 saturated heterocycles. The molecular weight excluding hydrogens is 377 g/mol. The number of hydrogen-bond acceptors (Lipinski definition) is 6. The highest BCUT2D eigenvalue weighted by Crippen LogP contribution is 2.26. The maximum Gasteiger partial charge on any atom is 0.573 e. The Labute approximate surface area is 159 Å². The summed E-state index contributed by atoms with van der Waals surface area (Å²) in [6.07, 6.45) is -4.88. The molecule has 1 aliphatic rings. The number of nitrogens with one attached hydrogen (secondary N) is 1. The Balaban J connectivity index is 1.70. The molecule has 0 aliphatic carbocycles. The first kappa shape index (κ1) is 19.9. The Morgan fingerprint density at radius 1 is 1.25 bits per heavy atom. The van der Waals surface area contributed by atoms with Crippen molar-refractivity contribution < 1.29 is 27.4 Å². The highest BCUT2D eigenvalue weighted by Gasteiger charge is 2.32. The molecular formula is C18H19F3N4O3. The Hall–Kier alpha value is -2.88. The van der Waals surface area contributed by atoms with Crippen molar-refractivity contribution in [3.8, 4) is 5.75 Å². The van der Waals surface area contributed by atoms with E-state index in [4.69, 9.17) is 4.74 Å². The van der Waals surface area contributed by atoms with Crippen LogP contribution in [-0.4, -0.2) is 48.5 Å². The smallest absolute Gasteiger partial charge is 0.405 e. The number of alkyl halides is 3. The quantitative estimate of drug-likeness (QED) is 0.837. The van der Waals surface area contributed by atoms with Crippen molar-refractivity contribution in [3.63, 3.8) is 0 Å². The second-order valence-corrected chi connectivity index (χ2v) is 6.13. The molecule has 1 amide bonds. The molecule has 1 aliphatic heterocycles. The van der Waals surface area contributed by atoms with Gasteiger partial charge in [-0.1, -0.05) is 12.1 Å². The van der Waals surface area contributed by atoms with E-state index < -0.39 is 18.0 Å². The molecule has 2 heterocycles. The number of aromatic nitrogens is 2. The lowest BCUT2D eigenvalue weighted by molar-refractivity contribution is -0.274. The van der Waals surface area contributed by atoms with Gasteiger partial charge in [0.05, 0.1) is 31.0 Å². The van der Waals surface area contributed by atoms with Crippen molar-refractivity contribution in [3.05, 3.63) is 47.3 Å². The van der Waals surface area contributed by atoms with Crippen LogP contribution < -0.4 is 15.0 Å². The summed E-state index contributed by atoms with van der Waals surface area (Å²) in [7, 11) is 0. The average Bonchev–Trinajstić information content (AvgIpc) is 2.65. The number of halogens is 3. The number of nitrogens with zero attached hydrogens (tertiary/aromatic N) is 3. The average molecular weight is 396 g/mol. The summed E-state index contributed by atoms with van der Waals surface area (Å²) in [6.45, 7) is 4.34. The number of rotatable bonds is 5. The normalized spacial score (nSPS) is 14.6. The molecule has 0 atom stereocenters. The van der Waals surface area contributed by atoms with Gasteiger partial charge >= 0.3 is 6.36 Å². The van der Waals surface area contributed by atoms with Gasteiger partial charge in [-0.15, -0.1) is 13.2 Å². The van der Waals surface area contributed by atoms with Gasteiger partial charge < -0.3 is 19.7 Å². The van der Waals surface area contributed by atoms with E-state index in [0.717, 1.165) is 11.8 Å². The Morgan fingerprint density at radius 3 is 2.68 bits per heavy atom. The van der Waals surface area contributed by atoms with Gasteiger partial charge in [0.15, 0.2) is 0 Å². The zero-order chi connectivity index (χ0) is 20.1. The number of carbonyl (C=O) groups is 1. The zero-order valence-electron chi connectivity index (χ0n) is 15.1. The minimum Gasteiger partial charge on any atom is -0.405 e. The summed E-state index contributed by atoms with van der Waals surface area (Å²) in [6, 6.07) is 6.89. The number of morpholine rings is 1. The van der Waals surface area contributed by atoms with E-state index in [0.29, 0.717) is 37.9 Å². The van der Waals surface area contributed by atoms with E-state index in [9.17, 15) is 18.0 Å². The number of ether oxygens (including phenoxy) is 2. The third-order valence-electron chi connectivity index (χ3n) is 3.98. The number of hydrogen-bond donors (Lipinski definition) is 1. The predicted octanol–water partition coefficient (Wildman–Crippen LogP) is 2.45. The van der Waals surface area contributed by atoms with Crippen LogP contribution in [0.3, 0.4) is 0 Å². The van der Waals surface area contributed by atoms with Crippen molar-refractivity contribution in [2.45, 2.75) is 19.8 Å². The Kier molecular flexibility index (Phi) is 5.98. The number of benzene rings is 1. The summed E-state index contributed by atoms with van der Waals surface area (Å²) in [5.74, 6) is -0.710. The highest BCUT2D eigenvalue weighted by atomic mass is 19.4. The van der Waals surface area contributed by atoms with E-state index >= 15 is 0 Å². The van der Waals surface area contributed by atoms with Gasteiger partial charge in [0.1, 0.15) is 5.75 Å². The van der Waals surface area contributed by atoms with Crippen LogP contribution in [0.5, 0.6) is 5.75 Å². The fourth-order valence-corrected chi connectivity index (χ4v) is 2.75. The maximum absolute atomic E-state index is 12.5. The lowest BCUT2D eigenvalue weighted by atomic mass is 10.2. The fourth-order valence-electron chi connectivity index (χ4n) is 2.75. The van der Waals surface area contributed by atoms with Crippen molar-refractivity contribution in [1.82, 2.24) is 15.3 Å². The standard InChI is InChI=1S/C18H19F3N4O3/c1-12-10-13(24-17(23-12)25-6-8-27-9-7-25)11-22-16(26)14-4-2-3-5-15(14)28-18(19,20)21/h2-5,10H,6-9,11H2,1H3,(H,22,26). The lowest BCUT2D eigenvalue weighted by Crippen LogP contribution is -2.37. The van der Waals surface area contributed by atoms with Crippen molar-refractivity contribution >= 4 is 11.9 Å². The van der Waals surface area contributed by atoms with Gasteiger partial charge in [-0.3, -0.25) is 4.79 Å². The molecule has 1 N–H and O–H groups in total. The minimum atomic E-state index is -4.88. The molecule has 0 unspecified atom stereocenters. The molecule has 1 aromatic carbocycles. The number of aryl methyl sites for hydroxylation is 1. The molecule has 7 nitrogen and oxygen atoms in total. The summed E-state index contributed by atoms with van der Waals surface area (Å²) in [5, 5.41) is 2.58. The van der Waals surface area contributed by atoms with Crippen LogP contribution in [0.15, 0.2) is 30.3 Å². The van der Waals surface area contributed by atoms with Gasteiger partial charge in [-0.2, -0.15) is 0 Å². The maximum atomic E-state index is 12.5. The largest absolute Gasteiger partial charge is 0.573 e. The van der Waals surface area contributed by atoms with Gasteiger partial charge in [0, 0.05) is 18.8 Å². The molecule has 3 rings (SSSR count). The van der Waals surface area contributed by atoms with Crippen LogP contribution in [0.25, 0.3) is 0 Å². The summed E-state index contributed by atoms with van der Waals surface area (Å²) < 4.78 is 46.8. The summed E-state index contributed by atoms with van der Waals surface area (Å²) in [5.41, 5.74) is 1.07. The SMILES string of the molecule is Cc1cc(CNC(=O)c2ccccc2OC(F)(F)F)nc(N2CCOCC2)n1. The first-order valence-corrected chi connectivity index (χ1v) is 8.62. The van der Waals surface area contributed by atoms with Crippen LogP contribution in [0.2, 0.25) is 0 Å². The second kappa shape index (κ2) is 8.42. The Morgan fingerprint density at radius 2 is 1.96 bits per heavy atom. The number of amides is 1. The molecule has 1 fully saturated rings. The third-order valence-corrected chi connectivity index (χ3v) is 3.98. The lowest BCUT2D eigenvalue weighted by Gasteiger charge is -2.27. The Bertz CT molecular complexity index is 839. The topological polar surface area (TPSA) is 76.6 Å². The third kappa shape index (κ3) is 5.32. The van der Waals surface area contributed by atoms with E-state index in [1.54, 1.807) is 6.07 Å². The number of anilines is 1. The van der Waals surface area contributed by atoms with Crippen molar-refractivity contribution in [1.29, 1.82) is 0 Å². The van der Waals surface area contributed by atoms with Crippen LogP contribution in [0, 0.1) is 6.92 Å². The van der Waals surface area contributed by atoms with E-state index in [1.165, 1.54) is 18.2 Å². The fraction of sp³-hybridized carbons (Fsp3) is 0.389. The van der Waals surface area contributed by atoms with Crippen LogP contribution in [-0.2, 0) is 11.3 Å².